The van der Waals surface area contributed by atoms with Gasteiger partial charge < -0.3 is 4.74 Å². The smallest absolute Gasteiger partial charge is 0.358 e. The summed E-state index contributed by atoms with van der Waals surface area (Å²) in [5.41, 5.74) is -0.385. The van der Waals surface area contributed by atoms with Gasteiger partial charge in [0.25, 0.3) is 0 Å². The van der Waals surface area contributed by atoms with Crippen molar-refractivity contribution in [3.05, 3.63) is 16.0 Å². The first kappa shape index (κ1) is 13.1. The monoisotopic (exact) mass is 284 g/mol. The summed E-state index contributed by atoms with van der Waals surface area (Å²) in [5.74, 6) is -0.890. The SMILES string of the molecule is COC(=O)c1nc(Cl)nc(S(C)(=O)=O)c1Cl. The van der Waals surface area contributed by atoms with E-state index in [-0.39, 0.29) is 5.69 Å². The van der Waals surface area contributed by atoms with Gasteiger partial charge in [-0.15, -0.1) is 0 Å². The van der Waals surface area contributed by atoms with Crippen LogP contribution in [0.1, 0.15) is 10.5 Å². The predicted molar refractivity (Wildman–Crippen MR) is 56.5 cm³/mol. The Morgan fingerprint density at radius 1 is 1.31 bits per heavy atom. The second-order valence-electron chi connectivity index (χ2n) is 2.72. The fourth-order valence-electron chi connectivity index (χ4n) is 0.878. The Morgan fingerprint density at radius 3 is 2.31 bits per heavy atom. The van der Waals surface area contributed by atoms with E-state index in [4.69, 9.17) is 23.2 Å². The summed E-state index contributed by atoms with van der Waals surface area (Å²) in [6.07, 6.45) is 0.888. The van der Waals surface area contributed by atoms with Crippen LogP contribution in [0.15, 0.2) is 5.03 Å². The molecule has 0 atom stereocenters. The third-order valence-corrected chi connectivity index (χ3v) is 3.16. The molecule has 0 aliphatic carbocycles. The lowest BCUT2D eigenvalue weighted by atomic mass is 10.4. The van der Waals surface area contributed by atoms with Gasteiger partial charge in [-0.25, -0.2) is 23.2 Å². The molecule has 0 amide bonds. The number of sulfone groups is 1. The summed E-state index contributed by atoms with van der Waals surface area (Å²) in [4.78, 5) is 18.2. The zero-order valence-electron chi connectivity index (χ0n) is 8.19. The highest BCUT2D eigenvalue weighted by Crippen LogP contribution is 2.24. The van der Waals surface area contributed by atoms with Gasteiger partial charge in [-0.3, -0.25) is 0 Å². The van der Waals surface area contributed by atoms with Gasteiger partial charge in [0.05, 0.1) is 7.11 Å². The minimum Gasteiger partial charge on any atom is -0.464 e. The number of rotatable bonds is 2. The van der Waals surface area contributed by atoms with E-state index in [9.17, 15) is 13.2 Å². The lowest BCUT2D eigenvalue weighted by Crippen LogP contribution is -2.11. The van der Waals surface area contributed by atoms with Crippen molar-refractivity contribution >= 4 is 39.0 Å². The normalized spacial score (nSPS) is 11.2. The maximum atomic E-state index is 11.3. The largest absolute Gasteiger partial charge is 0.464 e. The van der Waals surface area contributed by atoms with Crippen LogP contribution in [0.2, 0.25) is 10.3 Å². The zero-order chi connectivity index (χ0) is 12.5. The molecular weight excluding hydrogens is 279 g/mol. The first-order chi connectivity index (χ1) is 7.27. The maximum Gasteiger partial charge on any atom is 0.358 e. The Morgan fingerprint density at radius 2 is 1.88 bits per heavy atom. The van der Waals surface area contributed by atoms with E-state index in [1.165, 1.54) is 0 Å². The second kappa shape index (κ2) is 4.52. The molecule has 0 bridgehead atoms. The van der Waals surface area contributed by atoms with Crippen LogP contribution in [0.5, 0.6) is 0 Å². The zero-order valence-corrected chi connectivity index (χ0v) is 10.5. The molecule has 0 saturated heterocycles. The molecule has 0 aliphatic heterocycles. The number of hydrogen-bond donors (Lipinski definition) is 0. The van der Waals surface area contributed by atoms with E-state index in [2.05, 4.69) is 14.7 Å². The molecule has 0 aromatic carbocycles. The van der Waals surface area contributed by atoms with Crippen molar-refractivity contribution in [2.24, 2.45) is 0 Å². The van der Waals surface area contributed by atoms with E-state index in [1.807, 2.05) is 0 Å². The number of esters is 1. The Balaban J connectivity index is 3.56. The van der Waals surface area contributed by atoms with Crippen LogP contribution in [-0.4, -0.2) is 37.7 Å². The molecular formula is C7H6Cl2N2O4S. The highest BCUT2D eigenvalue weighted by molar-refractivity contribution is 7.90. The van der Waals surface area contributed by atoms with E-state index >= 15 is 0 Å². The van der Waals surface area contributed by atoms with Crippen LogP contribution in [0.3, 0.4) is 0 Å². The van der Waals surface area contributed by atoms with Gasteiger partial charge in [0.2, 0.25) is 5.28 Å². The lowest BCUT2D eigenvalue weighted by molar-refractivity contribution is 0.0593. The molecule has 0 N–H and O–H groups in total. The third-order valence-electron chi connectivity index (χ3n) is 1.52. The number of carbonyl (C=O) groups is 1. The number of hydrogen-bond acceptors (Lipinski definition) is 6. The number of aromatic nitrogens is 2. The van der Waals surface area contributed by atoms with Crippen molar-refractivity contribution in [2.45, 2.75) is 5.03 Å². The molecule has 0 fully saturated rings. The van der Waals surface area contributed by atoms with Gasteiger partial charge in [-0.1, -0.05) is 11.6 Å². The Labute approximate surface area is 101 Å². The molecule has 16 heavy (non-hydrogen) atoms. The Hall–Kier alpha value is -0.920. The number of carbonyl (C=O) groups excluding carboxylic acids is 1. The third kappa shape index (κ3) is 2.60. The van der Waals surface area contributed by atoms with Gasteiger partial charge >= 0.3 is 5.97 Å². The summed E-state index contributed by atoms with van der Waals surface area (Å²) in [6, 6.07) is 0. The summed E-state index contributed by atoms with van der Waals surface area (Å²) >= 11 is 11.2. The van der Waals surface area contributed by atoms with Crippen LogP contribution in [0, 0.1) is 0 Å². The summed E-state index contributed by atoms with van der Waals surface area (Å²) in [7, 11) is -2.59. The van der Waals surface area contributed by atoms with Gasteiger partial charge in [-0.2, -0.15) is 0 Å². The van der Waals surface area contributed by atoms with Crippen LogP contribution in [0.25, 0.3) is 0 Å². The number of halogens is 2. The minimum atomic E-state index is -3.70. The molecule has 1 aromatic heterocycles. The van der Waals surface area contributed by atoms with Crippen molar-refractivity contribution in [3.8, 4) is 0 Å². The highest BCUT2D eigenvalue weighted by atomic mass is 35.5. The highest BCUT2D eigenvalue weighted by Gasteiger charge is 2.24. The second-order valence-corrected chi connectivity index (χ2v) is 5.37. The Bertz CT molecular complexity index is 544. The van der Waals surface area contributed by atoms with E-state index in [0.29, 0.717) is 0 Å². The van der Waals surface area contributed by atoms with Crippen LogP contribution < -0.4 is 0 Å². The van der Waals surface area contributed by atoms with Crippen molar-refractivity contribution in [1.29, 1.82) is 0 Å². The lowest BCUT2D eigenvalue weighted by Gasteiger charge is -2.05. The van der Waals surface area contributed by atoms with Crippen molar-refractivity contribution in [3.63, 3.8) is 0 Å². The van der Waals surface area contributed by atoms with E-state index < -0.39 is 31.1 Å². The first-order valence-electron chi connectivity index (χ1n) is 3.78. The number of ether oxygens (including phenoxy) is 1. The quantitative estimate of drug-likeness (QED) is 0.457. The van der Waals surface area contributed by atoms with Gasteiger partial charge in [0.1, 0.15) is 5.02 Å². The van der Waals surface area contributed by atoms with Crippen LogP contribution >= 0.6 is 23.2 Å². The molecule has 0 aliphatic rings. The fraction of sp³-hybridized carbons (Fsp3) is 0.286. The molecule has 0 spiro atoms. The van der Waals surface area contributed by atoms with Gasteiger partial charge in [0.15, 0.2) is 20.6 Å². The molecule has 9 heteroatoms. The minimum absolute atomic E-state index is 0.385. The maximum absolute atomic E-state index is 11.3. The van der Waals surface area contributed by atoms with Crippen molar-refractivity contribution in [2.75, 3.05) is 13.4 Å². The van der Waals surface area contributed by atoms with Gasteiger partial charge in [0, 0.05) is 6.26 Å². The molecule has 0 unspecified atom stereocenters. The van der Waals surface area contributed by atoms with E-state index in [1.54, 1.807) is 0 Å². The standard InChI is InChI=1S/C7H6Cl2N2O4S/c1-15-6(12)4-3(8)5(16(2,13)14)11-7(9)10-4/h1-2H3. The number of nitrogens with zero attached hydrogens (tertiary/aromatic N) is 2. The molecule has 1 rings (SSSR count). The molecule has 1 heterocycles. The first-order valence-corrected chi connectivity index (χ1v) is 6.43. The molecule has 0 saturated carbocycles. The van der Waals surface area contributed by atoms with Gasteiger partial charge in [-0.05, 0) is 11.6 Å². The average molecular weight is 285 g/mol. The molecule has 6 nitrogen and oxygen atoms in total. The topological polar surface area (TPSA) is 86.2 Å². The average Bonchev–Trinajstić information content (AvgIpc) is 2.18. The summed E-state index contributed by atoms with van der Waals surface area (Å²) in [6.45, 7) is 0. The molecule has 88 valence electrons. The van der Waals surface area contributed by atoms with Crippen molar-refractivity contribution < 1.29 is 17.9 Å². The summed E-state index contributed by atoms with van der Waals surface area (Å²) < 4.78 is 26.9. The number of methoxy groups -OCH3 is 1. The fourth-order valence-corrected chi connectivity index (χ4v) is 2.35. The van der Waals surface area contributed by atoms with Crippen LogP contribution in [-0.2, 0) is 14.6 Å². The Kier molecular flexibility index (Phi) is 3.72. The van der Waals surface area contributed by atoms with E-state index in [0.717, 1.165) is 13.4 Å². The molecule has 0 radical (unpaired) electrons. The summed E-state index contributed by atoms with van der Waals surface area (Å²) in [5, 5.41) is -1.31. The molecule has 1 aromatic rings. The van der Waals surface area contributed by atoms with Crippen molar-refractivity contribution in [1.82, 2.24) is 9.97 Å². The predicted octanol–water partition coefficient (Wildman–Crippen LogP) is 0.974. The van der Waals surface area contributed by atoms with Crippen LogP contribution in [0.4, 0.5) is 0 Å².